The van der Waals surface area contributed by atoms with Crippen molar-refractivity contribution in [2.24, 2.45) is 0 Å². The zero-order valence-electron chi connectivity index (χ0n) is 8.39. The fraction of sp³-hybridized carbons (Fsp3) is 0. The fourth-order valence-corrected chi connectivity index (χ4v) is 1.74. The molecule has 0 radical (unpaired) electrons. The van der Waals surface area contributed by atoms with Crippen molar-refractivity contribution < 1.29 is 4.74 Å². The molecule has 2 aromatic carbocycles. The molecule has 0 aliphatic carbocycles. The van der Waals surface area contributed by atoms with E-state index in [4.69, 9.17) is 17.0 Å². The van der Waals surface area contributed by atoms with Gasteiger partial charge in [0, 0.05) is 10.0 Å². The summed E-state index contributed by atoms with van der Waals surface area (Å²) in [5, 5.41) is 0.489. The topological polar surface area (TPSA) is 9.23 Å². The zero-order chi connectivity index (χ0) is 11.4. The number of halogens is 1. The van der Waals surface area contributed by atoms with Gasteiger partial charge in [-0.2, -0.15) is 0 Å². The van der Waals surface area contributed by atoms with E-state index in [2.05, 4.69) is 15.9 Å². The van der Waals surface area contributed by atoms with Crippen LogP contribution in [0.3, 0.4) is 0 Å². The van der Waals surface area contributed by atoms with Crippen LogP contribution in [0.15, 0.2) is 59.1 Å². The van der Waals surface area contributed by atoms with Crippen molar-refractivity contribution in [3.63, 3.8) is 0 Å². The van der Waals surface area contributed by atoms with E-state index in [1.54, 1.807) is 0 Å². The van der Waals surface area contributed by atoms with Crippen molar-refractivity contribution in [1.82, 2.24) is 0 Å². The molecule has 0 saturated heterocycles. The van der Waals surface area contributed by atoms with Gasteiger partial charge in [-0.1, -0.05) is 46.3 Å². The molecule has 0 aliphatic rings. The minimum absolute atomic E-state index is 0.489. The van der Waals surface area contributed by atoms with Gasteiger partial charge in [0.2, 0.25) is 0 Å². The Labute approximate surface area is 108 Å². The lowest BCUT2D eigenvalue weighted by Crippen LogP contribution is -2.06. The summed E-state index contributed by atoms with van der Waals surface area (Å²) in [5.41, 5.74) is 0.917. The van der Waals surface area contributed by atoms with Crippen molar-refractivity contribution in [2.45, 2.75) is 0 Å². The van der Waals surface area contributed by atoms with Crippen LogP contribution in [0.1, 0.15) is 5.56 Å². The monoisotopic (exact) mass is 292 g/mol. The number of hydrogen-bond donors (Lipinski definition) is 0. The van der Waals surface area contributed by atoms with E-state index >= 15 is 0 Å². The van der Waals surface area contributed by atoms with E-state index in [9.17, 15) is 0 Å². The first-order chi connectivity index (χ1) is 7.75. The third-order valence-electron chi connectivity index (χ3n) is 2.03. The van der Waals surface area contributed by atoms with Gasteiger partial charge < -0.3 is 4.74 Å². The maximum absolute atomic E-state index is 5.57. The Bertz CT molecular complexity index is 479. The molecule has 0 unspecified atom stereocenters. The molecule has 0 amide bonds. The van der Waals surface area contributed by atoms with Gasteiger partial charge in [-0.05, 0) is 36.5 Å². The average molecular weight is 293 g/mol. The zero-order valence-corrected chi connectivity index (χ0v) is 10.8. The van der Waals surface area contributed by atoms with Crippen LogP contribution in [0, 0.1) is 0 Å². The van der Waals surface area contributed by atoms with Gasteiger partial charge in [0.1, 0.15) is 5.75 Å². The van der Waals surface area contributed by atoms with Gasteiger partial charge in [0.05, 0.1) is 0 Å². The van der Waals surface area contributed by atoms with Gasteiger partial charge in [-0.3, -0.25) is 0 Å². The highest BCUT2D eigenvalue weighted by Crippen LogP contribution is 2.17. The summed E-state index contributed by atoms with van der Waals surface area (Å²) in [5.74, 6) is 0.747. The van der Waals surface area contributed by atoms with E-state index in [0.717, 1.165) is 15.8 Å². The molecule has 0 N–H and O–H groups in total. The molecule has 1 nitrogen and oxygen atoms in total. The lowest BCUT2D eigenvalue weighted by atomic mass is 10.2. The Morgan fingerprint density at radius 2 is 1.56 bits per heavy atom. The van der Waals surface area contributed by atoms with Crippen molar-refractivity contribution in [2.75, 3.05) is 0 Å². The highest BCUT2D eigenvalue weighted by molar-refractivity contribution is 9.10. The van der Waals surface area contributed by atoms with Crippen molar-refractivity contribution in [3.05, 3.63) is 64.6 Å². The van der Waals surface area contributed by atoms with Crippen LogP contribution >= 0.6 is 28.1 Å². The molecule has 2 aromatic rings. The second kappa shape index (κ2) is 5.23. The summed E-state index contributed by atoms with van der Waals surface area (Å²) < 4.78 is 6.58. The summed E-state index contributed by atoms with van der Waals surface area (Å²) in [6.07, 6.45) is 0. The minimum Gasteiger partial charge on any atom is -0.445 e. The van der Waals surface area contributed by atoms with E-state index in [1.165, 1.54) is 0 Å². The Kier molecular flexibility index (Phi) is 3.70. The SMILES string of the molecule is S=C(Oc1ccc(Br)cc1)c1ccccc1. The highest BCUT2D eigenvalue weighted by atomic mass is 79.9. The Balaban J connectivity index is 2.11. The van der Waals surface area contributed by atoms with Crippen LogP contribution in [0.25, 0.3) is 0 Å². The molecular weight excluding hydrogens is 284 g/mol. The van der Waals surface area contributed by atoms with Crippen molar-refractivity contribution >= 4 is 33.2 Å². The molecule has 80 valence electrons. The van der Waals surface area contributed by atoms with Gasteiger partial charge in [0.25, 0.3) is 0 Å². The lowest BCUT2D eigenvalue weighted by Gasteiger charge is -2.06. The predicted molar refractivity (Wildman–Crippen MR) is 72.9 cm³/mol. The Morgan fingerprint density at radius 3 is 2.19 bits per heavy atom. The first kappa shape index (κ1) is 11.3. The van der Waals surface area contributed by atoms with Crippen LogP contribution in [-0.4, -0.2) is 5.05 Å². The molecule has 0 aromatic heterocycles. The molecule has 0 aliphatic heterocycles. The molecule has 0 bridgehead atoms. The fourth-order valence-electron chi connectivity index (χ4n) is 1.24. The van der Waals surface area contributed by atoms with Gasteiger partial charge in [-0.15, -0.1) is 0 Å². The number of benzene rings is 2. The number of rotatable bonds is 2. The van der Waals surface area contributed by atoms with Gasteiger partial charge in [-0.25, -0.2) is 0 Å². The Morgan fingerprint density at radius 1 is 0.938 bits per heavy atom. The van der Waals surface area contributed by atoms with E-state index in [-0.39, 0.29) is 0 Å². The van der Waals surface area contributed by atoms with Gasteiger partial charge in [0.15, 0.2) is 5.05 Å². The summed E-state index contributed by atoms with van der Waals surface area (Å²) in [7, 11) is 0. The molecule has 0 heterocycles. The molecule has 3 heteroatoms. The summed E-state index contributed by atoms with van der Waals surface area (Å²) in [4.78, 5) is 0. The number of ether oxygens (including phenoxy) is 1. The van der Waals surface area contributed by atoms with Crippen LogP contribution in [0.5, 0.6) is 5.75 Å². The van der Waals surface area contributed by atoms with E-state index in [1.807, 2.05) is 54.6 Å². The number of hydrogen-bond acceptors (Lipinski definition) is 2. The molecule has 0 spiro atoms. The summed E-state index contributed by atoms with van der Waals surface area (Å²) in [6, 6.07) is 17.3. The van der Waals surface area contributed by atoms with Crippen LogP contribution in [0.2, 0.25) is 0 Å². The third-order valence-corrected chi connectivity index (χ3v) is 2.88. The average Bonchev–Trinajstić information content (AvgIpc) is 2.33. The quantitative estimate of drug-likeness (QED) is 0.767. The summed E-state index contributed by atoms with van der Waals surface area (Å²) >= 11 is 8.57. The van der Waals surface area contributed by atoms with Gasteiger partial charge >= 0.3 is 0 Å². The van der Waals surface area contributed by atoms with Crippen molar-refractivity contribution in [3.8, 4) is 5.75 Å². The smallest absolute Gasteiger partial charge is 0.198 e. The first-order valence-electron chi connectivity index (χ1n) is 4.78. The normalized spacial score (nSPS) is 9.81. The Hall–Kier alpha value is -1.19. The van der Waals surface area contributed by atoms with Crippen molar-refractivity contribution in [1.29, 1.82) is 0 Å². The largest absolute Gasteiger partial charge is 0.445 e. The predicted octanol–water partition coefficient (Wildman–Crippen LogP) is 4.20. The maximum Gasteiger partial charge on any atom is 0.198 e. The van der Waals surface area contributed by atoms with E-state index < -0.39 is 0 Å². The third kappa shape index (κ3) is 2.90. The number of thiocarbonyl (C=S) groups is 1. The van der Waals surface area contributed by atoms with Crippen LogP contribution in [0.4, 0.5) is 0 Å². The molecule has 0 atom stereocenters. The minimum atomic E-state index is 0.489. The summed E-state index contributed by atoms with van der Waals surface area (Å²) in [6.45, 7) is 0. The second-order valence-corrected chi connectivity index (χ2v) is 4.50. The second-order valence-electron chi connectivity index (χ2n) is 3.21. The van der Waals surface area contributed by atoms with E-state index in [0.29, 0.717) is 5.05 Å². The maximum atomic E-state index is 5.57. The molecule has 2 rings (SSSR count). The standard InChI is InChI=1S/C13H9BrOS/c14-11-6-8-12(9-7-11)15-13(16)10-4-2-1-3-5-10/h1-9H. The molecule has 0 saturated carbocycles. The van der Waals surface area contributed by atoms with Crippen LogP contribution in [-0.2, 0) is 0 Å². The first-order valence-corrected chi connectivity index (χ1v) is 5.98. The molecule has 0 fully saturated rings. The molecule has 16 heavy (non-hydrogen) atoms. The van der Waals surface area contributed by atoms with Crippen LogP contribution < -0.4 is 4.74 Å². The molecular formula is C13H9BrOS. The highest BCUT2D eigenvalue weighted by Gasteiger charge is 2.02. The lowest BCUT2D eigenvalue weighted by molar-refractivity contribution is 0.566.